The minimum absolute atomic E-state index is 0.293. The Morgan fingerprint density at radius 2 is 1.82 bits per heavy atom. The molecule has 0 radical (unpaired) electrons. The van der Waals surface area contributed by atoms with Gasteiger partial charge in [-0.2, -0.15) is 0 Å². The molecule has 0 unspecified atom stereocenters. The van der Waals surface area contributed by atoms with Gasteiger partial charge in [0.2, 0.25) is 5.88 Å². The van der Waals surface area contributed by atoms with Gasteiger partial charge in [0, 0.05) is 10.4 Å². The quantitative estimate of drug-likeness (QED) is 0.611. The SMILES string of the molecule is Cc1nc(OC[C@@H](C)COCc2ccccc2)c(Br)cc1Br. The molecule has 0 fully saturated rings. The van der Waals surface area contributed by atoms with Gasteiger partial charge in [0.25, 0.3) is 0 Å². The lowest BCUT2D eigenvalue weighted by molar-refractivity contribution is 0.0731. The third-order valence-electron chi connectivity index (χ3n) is 3.09. The third kappa shape index (κ3) is 5.38. The highest BCUT2D eigenvalue weighted by molar-refractivity contribution is 9.11. The second kappa shape index (κ2) is 8.65. The zero-order chi connectivity index (χ0) is 15.9. The second-order valence-corrected chi connectivity index (χ2v) is 6.97. The largest absolute Gasteiger partial charge is 0.476 e. The number of rotatable bonds is 7. The fourth-order valence-corrected chi connectivity index (χ4v) is 2.92. The summed E-state index contributed by atoms with van der Waals surface area (Å²) in [5.74, 6) is 0.914. The van der Waals surface area contributed by atoms with Gasteiger partial charge in [0.1, 0.15) is 0 Å². The Labute approximate surface area is 148 Å². The molecule has 0 aliphatic rings. The number of benzene rings is 1. The maximum Gasteiger partial charge on any atom is 0.228 e. The van der Waals surface area contributed by atoms with Crippen LogP contribution in [0.5, 0.6) is 5.88 Å². The summed E-state index contributed by atoms with van der Waals surface area (Å²) in [6.45, 7) is 5.90. The fourth-order valence-electron chi connectivity index (χ4n) is 1.86. The van der Waals surface area contributed by atoms with Crippen molar-refractivity contribution in [3.8, 4) is 5.88 Å². The molecular weight excluding hydrogens is 410 g/mol. The van der Waals surface area contributed by atoms with Crippen molar-refractivity contribution in [3.63, 3.8) is 0 Å². The van der Waals surface area contributed by atoms with Gasteiger partial charge in [-0.15, -0.1) is 0 Å². The minimum atomic E-state index is 0.293. The normalized spacial score (nSPS) is 12.2. The van der Waals surface area contributed by atoms with Crippen LogP contribution in [0.3, 0.4) is 0 Å². The highest BCUT2D eigenvalue weighted by Gasteiger charge is 2.10. The Kier molecular flexibility index (Phi) is 6.86. The average molecular weight is 429 g/mol. The van der Waals surface area contributed by atoms with Crippen molar-refractivity contribution >= 4 is 31.9 Å². The molecular formula is C17H19Br2NO2. The molecule has 0 saturated carbocycles. The van der Waals surface area contributed by atoms with Crippen LogP contribution in [0.1, 0.15) is 18.2 Å². The minimum Gasteiger partial charge on any atom is -0.476 e. The first kappa shape index (κ1) is 17.4. The lowest BCUT2D eigenvalue weighted by Gasteiger charge is -2.14. The Balaban J connectivity index is 1.76. The number of hydrogen-bond donors (Lipinski definition) is 0. The van der Waals surface area contributed by atoms with Gasteiger partial charge in [-0.25, -0.2) is 4.98 Å². The molecule has 0 N–H and O–H groups in total. The molecule has 1 aromatic carbocycles. The molecule has 0 aliphatic heterocycles. The first-order valence-electron chi connectivity index (χ1n) is 7.13. The molecule has 0 spiro atoms. The summed E-state index contributed by atoms with van der Waals surface area (Å²) in [6, 6.07) is 12.1. The first-order chi connectivity index (χ1) is 10.6. The first-order valence-corrected chi connectivity index (χ1v) is 8.72. The molecule has 3 nitrogen and oxygen atoms in total. The zero-order valence-electron chi connectivity index (χ0n) is 12.7. The molecule has 22 heavy (non-hydrogen) atoms. The number of aromatic nitrogens is 1. The Morgan fingerprint density at radius 1 is 1.09 bits per heavy atom. The van der Waals surface area contributed by atoms with Gasteiger partial charge in [-0.3, -0.25) is 0 Å². The van der Waals surface area contributed by atoms with Crippen LogP contribution in [-0.2, 0) is 11.3 Å². The molecule has 1 heterocycles. The predicted molar refractivity (Wildman–Crippen MR) is 95.1 cm³/mol. The van der Waals surface area contributed by atoms with Crippen LogP contribution >= 0.6 is 31.9 Å². The summed E-state index contributed by atoms with van der Waals surface area (Å²) in [5.41, 5.74) is 2.09. The summed E-state index contributed by atoms with van der Waals surface area (Å²) < 4.78 is 13.3. The van der Waals surface area contributed by atoms with Crippen molar-refractivity contribution in [2.75, 3.05) is 13.2 Å². The number of nitrogens with zero attached hydrogens (tertiary/aromatic N) is 1. The number of pyridine rings is 1. The van der Waals surface area contributed by atoms with E-state index in [1.165, 1.54) is 5.56 Å². The van der Waals surface area contributed by atoms with Gasteiger partial charge in [0.15, 0.2) is 0 Å². The topological polar surface area (TPSA) is 31.4 Å². The fraction of sp³-hybridized carbons (Fsp3) is 0.353. The summed E-state index contributed by atoms with van der Waals surface area (Å²) in [7, 11) is 0. The molecule has 1 aromatic heterocycles. The van der Waals surface area contributed by atoms with Crippen molar-refractivity contribution in [2.24, 2.45) is 5.92 Å². The molecule has 5 heteroatoms. The number of halogens is 2. The Morgan fingerprint density at radius 3 is 2.55 bits per heavy atom. The monoisotopic (exact) mass is 427 g/mol. The van der Waals surface area contributed by atoms with Crippen molar-refractivity contribution in [1.29, 1.82) is 0 Å². The van der Waals surface area contributed by atoms with Crippen LogP contribution in [0.15, 0.2) is 45.3 Å². The molecule has 1 atom stereocenters. The summed E-state index contributed by atoms with van der Waals surface area (Å²) in [5, 5.41) is 0. The summed E-state index contributed by atoms with van der Waals surface area (Å²) in [4.78, 5) is 4.42. The predicted octanol–water partition coefficient (Wildman–Crippen LogP) is 5.15. The highest BCUT2D eigenvalue weighted by Crippen LogP contribution is 2.28. The van der Waals surface area contributed by atoms with Crippen molar-refractivity contribution in [1.82, 2.24) is 4.98 Å². The molecule has 0 amide bonds. The third-order valence-corrected chi connectivity index (χ3v) is 4.46. The van der Waals surface area contributed by atoms with Crippen molar-refractivity contribution < 1.29 is 9.47 Å². The summed E-state index contributed by atoms with van der Waals surface area (Å²) in [6.07, 6.45) is 0. The molecule has 0 aliphatic carbocycles. The van der Waals surface area contributed by atoms with Crippen LogP contribution in [0, 0.1) is 12.8 Å². The van der Waals surface area contributed by atoms with E-state index in [1.54, 1.807) is 0 Å². The van der Waals surface area contributed by atoms with E-state index in [4.69, 9.17) is 9.47 Å². The van der Waals surface area contributed by atoms with E-state index >= 15 is 0 Å². The van der Waals surface area contributed by atoms with E-state index in [1.807, 2.05) is 31.2 Å². The van der Waals surface area contributed by atoms with Crippen molar-refractivity contribution in [3.05, 3.63) is 56.6 Å². The smallest absolute Gasteiger partial charge is 0.228 e. The van der Waals surface area contributed by atoms with Gasteiger partial charge >= 0.3 is 0 Å². The molecule has 118 valence electrons. The van der Waals surface area contributed by atoms with Crippen LogP contribution < -0.4 is 4.74 Å². The molecule has 0 saturated heterocycles. The van der Waals surface area contributed by atoms with E-state index in [-0.39, 0.29) is 0 Å². The second-order valence-electron chi connectivity index (χ2n) is 5.26. The van der Waals surface area contributed by atoms with Crippen LogP contribution in [0.4, 0.5) is 0 Å². The van der Waals surface area contributed by atoms with Gasteiger partial charge < -0.3 is 9.47 Å². The van der Waals surface area contributed by atoms with Gasteiger partial charge in [-0.05, 0) is 50.4 Å². The maximum atomic E-state index is 5.78. The number of hydrogen-bond acceptors (Lipinski definition) is 3. The zero-order valence-corrected chi connectivity index (χ0v) is 15.9. The van der Waals surface area contributed by atoms with E-state index in [0.29, 0.717) is 31.6 Å². The Bertz CT molecular complexity index is 605. The molecule has 2 rings (SSSR count). The van der Waals surface area contributed by atoms with Crippen LogP contribution in [0.25, 0.3) is 0 Å². The van der Waals surface area contributed by atoms with E-state index in [9.17, 15) is 0 Å². The molecule has 0 bridgehead atoms. The number of aryl methyl sites for hydroxylation is 1. The maximum absolute atomic E-state index is 5.78. The van der Waals surface area contributed by atoms with Crippen molar-refractivity contribution in [2.45, 2.75) is 20.5 Å². The summed E-state index contributed by atoms with van der Waals surface area (Å²) >= 11 is 6.91. The number of ether oxygens (including phenoxy) is 2. The van der Waals surface area contributed by atoms with E-state index in [0.717, 1.165) is 14.6 Å². The van der Waals surface area contributed by atoms with Gasteiger partial charge in [0.05, 0.1) is 30.0 Å². The highest BCUT2D eigenvalue weighted by atomic mass is 79.9. The lowest BCUT2D eigenvalue weighted by Crippen LogP contribution is -2.15. The lowest BCUT2D eigenvalue weighted by atomic mass is 10.2. The van der Waals surface area contributed by atoms with Crippen LogP contribution in [-0.4, -0.2) is 18.2 Å². The average Bonchev–Trinajstić information content (AvgIpc) is 2.50. The standard InChI is InChI=1S/C17H19Br2NO2/c1-12(9-21-11-14-6-4-3-5-7-14)10-22-17-16(19)8-15(18)13(2)20-17/h3-8,12H,9-11H2,1-2H3/t12-/m0/s1. The van der Waals surface area contributed by atoms with Gasteiger partial charge in [-0.1, -0.05) is 37.3 Å². The van der Waals surface area contributed by atoms with Crippen LogP contribution in [0.2, 0.25) is 0 Å². The molecule has 2 aromatic rings. The van der Waals surface area contributed by atoms with E-state index < -0.39 is 0 Å². The Hall–Kier alpha value is -0.910. The van der Waals surface area contributed by atoms with E-state index in [2.05, 4.69) is 55.9 Å².